The smallest absolute Gasteiger partial charge is 0.168 e. The first-order chi connectivity index (χ1) is 9.51. The molecule has 0 aliphatic heterocycles. The summed E-state index contributed by atoms with van der Waals surface area (Å²) >= 11 is 12.7. The van der Waals surface area contributed by atoms with Crippen molar-refractivity contribution >= 4 is 49.2 Å². The third-order valence-electron chi connectivity index (χ3n) is 2.82. The quantitative estimate of drug-likeness (QED) is 0.630. The van der Waals surface area contributed by atoms with Crippen LogP contribution in [0.25, 0.3) is 0 Å². The maximum absolute atomic E-state index is 12.4. The summed E-state index contributed by atoms with van der Waals surface area (Å²) in [6.07, 6.45) is 0.240. The Labute approximate surface area is 139 Å². The van der Waals surface area contributed by atoms with Crippen LogP contribution < -0.4 is 4.74 Å². The molecule has 0 saturated carbocycles. The van der Waals surface area contributed by atoms with Crippen molar-refractivity contribution in [2.75, 3.05) is 7.11 Å². The van der Waals surface area contributed by atoms with Crippen LogP contribution in [-0.4, -0.2) is 12.9 Å². The first-order valence-electron chi connectivity index (χ1n) is 5.82. The average Bonchev–Trinajstić information content (AvgIpc) is 2.38. The first kappa shape index (κ1) is 15.5. The molecule has 0 heterocycles. The molecule has 0 radical (unpaired) electrons. The van der Waals surface area contributed by atoms with Gasteiger partial charge in [0.05, 0.1) is 7.11 Å². The highest BCUT2D eigenvalue weighted by atomic mass is 79.9. The monoisotopic (exact) mass is 416 g/mol. The fraction of sp³-hybridized carbons (Fsp3) is 0.133. The highest BCUT2D eigenvalue weighted by Gasteiger charge is 2.14. The number of rotatable bonds is 4. The van der Waals surface area contributed by atoms with E-state index in [1.165, 1.54) is 0 Å². The topological polar surface area (TPSA) is 26.3 Å². The number of hydrogen-bond acceptors (Lipinski definition) is 2. The summed E-state index contributed by atoms with van der Waals surface area (Å²) in [4.78, 5) is 12.4. The van der Waals surface area contributed by atoms with Gasteiger partial charge in [0.15, 0.2) is 5.78 Å². The zero-order chi connectivity index (χ0) is 14.7. The molecular weight excluding hydrogens is 407 g/mol. The van der Waals surface area contributed by atoms with Crippen molar-refractivity contribution in [3.05, 3.63) is 61.5 Å². The summed E-state index contributed by atoms with van der Waals surface area (Å²) in [7, 11) is 1.58. The second-order valence-corrected chi connectivity index (χ2v) is 6.39. The second kappa shape index (κ2) is 6.74. The van der Waals surface area contributed by atoms with Gasteiger partial charge in [-0.1, -0.05) is 43.5 Å². The summed E-state index contributed by atoms with van der Waals surface area (Å²) in [6, 6.07) is 10.7. The van der Waals surface area contributed by atoms with Gasteiger partial charge in [0.1, 0.15) is 5.75 Å². The highest BCUT2D eigenvalue weighted by Crippen LogP contribution is 2.27. The average molecular weight is 419 g/mol. The van der Waals surface area contributed by atoms with Crippen molar-refractivity contribution in [1.29, 1.82) is 0 Å². The number of carbonyl (C=O) groups is 1. The lowest BCUT2D eigenvalue weighted by Gasteiger charge is -2.09. The first-order valence-corrected chi connectivity index (χ1v) is 7.78. The van der Waals surface area contributed by atoms with Gasteiger partial charge in [-0.25, -0.2) is 0 Å². The minimum atomic E-state index is 0.00458. The van der Waals surface area contributed by atoms with E-state index in [0.29, 0.717) is 16.3 Å². The molecule has 0 bridgehead atoms. The van der Waals surface area contributed by atoms with Gasteiger partial charge in [0.25, 0.3) is 0 Å². The van der Waals surface area contributed by atoms with Crippen LogP contribution in [0.3, 0.4) is 0 Å². The number of carbonyl (C=O) groups excluding carboxylic acids is 1. The SMILES string of the molecule is COc1ccc(Cl)cc1CC(=O)c1ccc(Br)cc1Br. The number of halogens is 3. The number of benzene rings is 2. The predicted molar refractivity (Wildman–Crippen MR) is 87.9 cm³/mol. The Morgan fingerprint density at radius 3 is 2.60 bits per heavy atom. The molecule has 0 aromatic heterocycles. The summed E-state index contributed by atoms with van der Waals surface area (Å²) in [5.74, 6) is 0.668. The number of methoxy groups -OCH3 is 1. The van der Waals surface area contributed by atoms with Gasteiger partial charge in [-0.2, -0.15) is 0 Å². The van der Waals surface area contributed by atoms with Gasteiger partial charge in [-0.05, 0) is 36.4 Å². The standard InChI is InChI=1S/C15H11Br2ClO2/c1-20-15-5-3-11(18)6-9(15)7-14(19)12-4-2-10(16)8-13(12)17/h2-6,8H,7H2,1H3. The molecule has 0 fully saturated rings. The summed E-state index contributed by atoms with van der Waals surface area (Å²) in [5, 5.41) is 0.587. The Bertz CT molecular complexity index is 656. The van der Waals surface area contributed by atoms with Gasteiger partial charge < -0.3 is 4.74 Å². The van der Waals surface area contributed by atoms with Crippen molar-refractivity contribution in [2.45, 2.75) is 6.42 Å². The van der Waals surface area contributed by atoms with E-state index in [9.17, 15) is 4.79 Å². The molecule has 5 heteroatoms. The van der Waals surface area contributed by atoms with Crippen LogP contribution in [-0.2, 0) is 6.42 Å². The minimum absolute atomic E-state index is 0.00458. The molecule has 0 atom stereocenters. The lowest BCUT2D eigenvalue weighted by atomic mass is 10.0. The van der Waals surface area contributed by atoms with Crippen LogP contribution in [0.5, 0.6) is 5.75 Å². The van der Waals surface area contributed by atoms with E-state index in [1.807, 2.05) is 12.1 Å². The van der Waals surface area contributed by atoms with E-state index >= 15 is 0 Å². The van der Waals surface area contributed by atoms with Crippen LogP contribution in [0.4, 0.5) is 0 Å². The zero-order valence-corrected chi connectivity index (χ0v) is 14.5. The second-order valence-electron chi connectivity index (χ2n) is 4.18. The third kappa shape index (κ3) is 3.62. The predicted octanol–water partition coefficient (Wildman–Crippen LogP) is 5.30. The summed E-state index contributed by atoms with van der Waals surface area (Å²) in [5.41, 5.74) is 1.41. The number of Topliss-reactive ketones (excluding diaryl/α,β-unsaturated/α-hetero) is 1. The molecule has 0 unspecified atom stereocenters. The summed E-state index contributed by atoms with van der Waals surface area (Å²) < 4.78 is 6.94. The lowest BCUT2D eigenvalue weighted by molar-refractivity contribution is 0.0991. The lowest BCUT2D eigenvalue weighted by Crippen LogP contribution is -2.06. The van der Waals surface area contributed by atoms with Crippen LogP contribution >= 0.6 is 43.5 Å². The van der Waals surface area contributed by atoms with Gasteiger partial charge in [-0.15, -0.1) is 0 Å². The van der Waals surface area contributed by atoms with E-state index in [1.54, 1.807) is 31.4 Å². The van der Waals surface area contributed by atoms with E-state index in [0.717, 1.165) is 14.5 Å². The molecule has 2 aromatic rings. The van der Waals surface area contributed by atoms with Crippen molar-refractivity contribution in [2.24, 2.45) is 0 Å². The fourth-order valence-electron chi connectivity index (χ4n) is 1.87. The van der Waals surface area contributed by atoms with Gasteiger partial charge in [0.2, 0.25) is 0 Å². The maximum Gasteiger partial charge on any atom is 0.168 e. The molecule has 20 heavy (non-hydrogen) atoms. The molecule has 2 nitrogen and oxygen atoms in total. The van der Waals surface area contributed by atoms with Gasteiger partial charge in [-0.3, -0.25) is 4.79 Å². The van der Waals surface area contributed by atoms with Gasteiger partial charge >= 0.3 is 0 Å². The molecule has 2 aromatic carbocycles. The van der Waals surface area contributed by atoms with Gasteiger partial charge in [0, 0.05) is 31.5 Å². The highest BCUT2D eigenvalue weighted by molar-refractivity contribution is 9.11. The Morgan fingerprint density at radius 2 is 1.95 bits per heavy atom. The molecular formula is C15H11Br2ClO2. The molecule has 0 amide bonds. The third-order valence-corrected chi connectivity index (χ3v) is 4.21. The molecule has 0 spiro atoms. The largest absolute Gasteiger partial charge is 0.496 e. The Kier molecular flexibility index (Phi) is 5.24. The fourth-order valence-corrected chi connectivity index (χ4v) is 3.33. The molecule has 0 N–H and O–H groups in total. The summed E-state index contributed by atoms with van der Waals surface area (Å²) in [6.45, 7) is 0. The van der Waals surface area contributed by atoms with Crippen LogP contribution in [0, 0.1) is 0 Å². The van der Waals surface area contributed by atoms with Crippen molar-refractivity contribution in [3.63, 3.8) is 0 Å². The number of ether oxygens (including phenoxy) is 1. The molecule has 0 aliphatic rings. The van der Waals surface area contributed by atoms with E-state index < -0.39 is 0 Å². The molecule has 104 valence electrons. The van der Waals surface area contributed by atoms with E-state index in [-0.39, 0.29) is 12.2 Å². The Hall–Kier alpha value is -0.840. The van der Waals surface area contributed by atoms with Crippen molar-refractivity contribution < 1.29 is 9.53 Å². The number of ketones is 1. The normalized spacial score (nSPS) is 10.4. The van der Waals surface area contributed by atoms with Crippen molar-refractivity contribution in [3.8, 4) is 5.75 Å². The minimum Gasteiger partial charge on any atom is -0.496 e. The van der Waals surface area contributed by atoms with Crippen LogP contribution in [0.1, 0.15) is 15.9 Å². The maximum atomic E-state index is 12.4. The van der Waals surface area contributed by atoms with E-state index in [4.69, 9.17) is 16.3 Å². The van der Waals surface area contributed by atoms with E-state index in [2.05, 4.69) is 31.9 Å². The Balaban J connectivity index is 2.30. The molecule has 2 rings (SSSR count). The van der Waals surface area contributed by atoms with Crippen LogP contribution in [0.15, 0.2) is 45.3 Å². The Morgan fingerprint density at radius 1 is 1.20 bits per heavy atom. The van der Waals surface area contributed by atoms with Crippen LogP contribution in [0.2, 0.25) is 5.02 Å². The van der Waals surface area contributed by atoms with Crippen molar-refractivity contribution in [1.82, 2.24) is 0 Å². The molecule has 0 saturated heterocycles. The number of hydrogen-bond donors (Lipinski definition) is 0. The zero-order valence-electron chi connectivity index (χ0n) is 10.6. The molecule has 0 aliphatic carbocycles.